The molecule has 0 atom stereocenters. The van der Waals surface area contributed by atoms with E-state index >= 15 is 0 Å². The Kier molecular flexibility index (Phi) is 5.76. The number of aromatic amines is 1. The van der Waals surface area contributed by atoms with E-state index in [4.69, 9.17) is 0 Å². The highest BCUT2D eigenvalue weighted by atomic mass is 32.1. The van der Waals surface area contributed by atoms with Crippen LogP contribution in [0.1, 0.15) is 40.8 Å². The molecule has 6 nitrogen and oxygen atoms in total. The Morgan fingerprint density at radius 3 is 2.69 bits per heavy atom. The number of benzene rings is 1. The molecule has 0 bridgehead atoms. The number of likely N-dealkylation sites (tertiary alicyclic amines) is 1. The number of aryl methyl sites for hydroxylation is 1. The fourth-order valence-electron chi connectivity index (χ4n) is 3.45. The molecule has 2 N–H and O–H groups in total. The lowest BCUT2D eigenvalue weighted by Gasteiger charge is -2.13. The number of H-pyrrole nitrogens is 1. The molecule has 0 aliphatic carbocycles. The van der Waals surface area contributed by atoms with Crippen LogP contribution < -0.4 is 5.32 Å². The van der Waals surface area contributed by atoms with Gasteiger partial charge in [0.15, 0.2) is 0 Å². The van der Waals surface area contributed by atoms with E-state index in [1.807, 2.05) is 40.6 Å². The van der Waals surface area contributed by atoms with E-state index < -0.39 is 0 Å². The van der Waals surface area contributed by atoms with E-state index in [1.165, 1.54) is 16.9 Å². The SMILES string of the molecule is CCc1ccc(NC(=O)Cc2nc(-c3c[nH]c(C(=O)N4CCCC4)c3)cs2)cc1. The number of rotatable bonds is 6. The van der Waals surface area contributed by atoms with E-state index in [0.29, 0.717) is 5.69 Å². The molecular formula is C22H24N4O2S. The first-order valence-electron chi connectivity index (χ1n) is 9.93. The van der Waals surface area contributed by atoms with Crippen molar-refractivity contribution in [1.82, 2.24) is 14.9 Å². The molecular weight excluding hydrogens is 384 g/mol. The van der Waals surface area contributed by atoms with Crippen LogP contribution in [0.5, 0.6) is 0 Å². The van der Waals surface area contributed by atoms with Crippen molar-refractivity contribution in [2.24, 2.45) is 0 Å². The number of amides is 2. The molecule has 0 unspecified atom stereocenters. The van der Waals surface area contributed by atoms with Crippen molar-refractivity contribution in [2.45, 2.75) is 32.6 Å². The minimum Gasteiger partial charge on any atom is -0.357 e. The van der Waals surface area contributed by atoms with Gasteiger partial charge in [-0.2, -0.15) is 0 Å². The van der Waals surface area contributed by atoms with Gasteiger partial charge in [-0.3, -0.25) is 9.59 Å². The maximum absolute atomic E-state index is 12.5. The Morgan fingerprint density at radius 2 is 1.97 bits per heavy atom. The molecule has 1 fully saturated rings. The number of anilines is 1. The monoisotopic (exact) mass is 408 g/mol. The summed E-state index contributed by atoms with van der Waals surface area (Å²) in [7, 11) is 0. The van der Waals surface area contributed by atoms with Gasteiger partial charge in [0.1, 0.15) is 10.7 Å². The van der Waals surface area contributed by atoms with E-state index in [0.717, 1.165) is 54.3 Å². The van der Waals surface area contributed by atoms with Crippen molar-refractivity contribution in [1.29, 1.82) is 0 Å². The molecule has 4 rings (SSSR count). The molecule has 3 heterocycles. The van der Waals surface area contributed by atoms with Gasteiger partial charge in [-0.05, 0) is 43.0 Å². The van der Waals surface area contributed by atoms with Gasteiger partial charge in [-0.25, -0.2) is 4.98 Å². The van der Waals surface area contributed by atoms with Crippen LogP contribution in [0.2, 0.25) is 0 Å². The molecule has 0 saturated carbocycles. The third kappa shape index (κ3) is 4.56. The smallest absolute Gasteiger partial charge is 0.270 e. The van der Waals surface area contributed by atoms with Gasteiger partial charge < -0.3 is 15.2 Å². The summed E-state index contributed by atoms with van der Waals surface area (Å²) in [4.78, 5) is 34.3. The summed E-state index contributed by atoms with van der Waals surface area (Å²) in [6, 6.07) is 9.72. The van der Waals surface area contributed by atoms with Crippen molar-refractivity contribution >= 4 is 28.8 Å². The molecule has 3 aromatic rings. The topological polar surface area (TPSA) is 78.1 Å². The predicted molar refractivity (Wildman–Crippen MR) is 115 cm³/mol. The van der Waals surface area contributed by atoms with Gasteiger partial charge >= 0.3 is 0 Å². The molecule has 1 aromatic carbocycles. The third-order valence-electron chi connectivity index (χ3n) is 5.11. The van der Waals surface area contributed by atoms with Crippen molar-refractivity contribution < 1.29 is 9.59 Å². The lowest BCUT2D eigenvalue weighted by molar-refractivity contribution is -0.115. The van der Waals surface area contributed by atoms with Crippen LogP contribution in [0, 0.1) is 0 Å². The van der Waals surface area contributed by atoms with Crippen molar-refractivity contribution in [2.75, 3.05) is 18.4 Å². The lowest BCUT2D eigenvalue weighted by Crippen LogP contribution is -2.27. The van der Waals surface area contributed by atoms with Crippen molar-refractivity contribution in [3.8, 4) is 11.3 Å². The molecule has 29 heavy (non-hydrogen) atoms. The Morgan fingerprint density at radius 1 is 1.21 bits per heavy atom. The van der Waals surface area contributed by atoms with Crippen LogP contribution in [-0.4, -0.2) is 39.8 Å². The highest BCUT2D eigenvalue weighted by Gasteiger charge is 2.21. The average molecular weight is 409 g/mol. The highest BCUT2D eigenvalue weighted by molar-refractivity contribution is 7.10. The summed E-state index contributed by atoms with van der Waals surface area (Å²) in [6.45, 7) is 3.75. The van der Waals surface area contributed by atoms with Gasteiger partial charge in [0.05, 0.1) is 12.1 Å². The Labute approximate surface area is 174 Å². The van der Waals surface area contributed by atoms with E-state index in [2.05, 4.69) is 22.2 Å². The second kappa shape index (κ2) is 8.61. The van der Waals surface area contributed by atoms with Gasteiger partial charge in [-0.15, -0.1) is 11.3 Å². The van der Waals surface area contributed by atoms with Crippen molar-refractivity contribution in [3.05, 3.63) is 58.2 Å². The standard InChI is InChI=1S/C22H24N4O2S/c1-2-15-5-7-17(8-6-15)24-20(27)12-21-25-19(14-29-21)16-11-18(23-13-16)22(28)26-9-3-4-10-26/h5-8,11,13-14,23H,2-4,9-10,12H2,1H3,(H,24,27). The number of thiazole rings is 1. The maximum atomic E-state index is 12.5. The number of carbonyl (C=O) groups excluding carboxylic acids is 2. The molecule has 150 valence electrons. The van der Waals surface area contributed by atoms with E-state index in [9.17, 15) is 9.59 Å². The molecule has 1 aliphatic rings. The molecule has 2 amide bonds. The lowest BCUT2D eigenvalue weighted by atomic mass is 10.1. The van der Waals surface area contributed by atoms with E-state index in [-0.39, 0.29) is 18.2 Å². The molecule has 7 heteroatoms. The van der Waals surface area contributed by atoms with Gasteiger partial charge in [0, 0.05) is 35.9 Å². The number of hydrogen-bond donors (Lipinski definition) is 2. The zero-order valence-electron chi connectivity index (χ0n) is 16.4. The number of nitrogens with one attached hydrogen (secondary N) is 2. The van der Waals surface area contributed by atoms with Gasteiger partial charge in [0.25, 0.3) is 5.91 Å². The first kappa shape index (κ1) is 19.4. The molecule has 1 saturated heterocycles. The number of aromatic nitrogens is 2. The number of nitrogens with zero attached hydrogens (tertiary/aromatic N) is 2. The predicted octanol–water partition coefficient (Wildman–Crippen LogP) is 4.12. The second-order valence-electron chi connectivity index (χ2n) is 7.20. The minimum atomic E-state index is -0.0888. The summed E-state index contributed by atoms with van der Waals surface area (Å²) in [6.07, 6.45) is 5.14. The number of carbonyl (C=O) groups is 2. The fraction of sp³-hybridized carbons (Fsp3) is 0.318. The summed E-state index contributed by atoms with van der Waals surface area (Å²) in [5.74, 6) is -0.0493. The minimum absolute atomic E-state index is 0.0395. The summed E-state index contributed by atoms with van der Waals surface area (Å²) >= 11 is 1.45. The Balaban J connectivity index is 1.38. The quantitative estimate of drug-likeness (QED) is 0.644. The van der Waals surface area contributed by atoms with Gasteiger partial charge in [0.2, 0.25) is 5.91 Å². The van der Waals surface area contributed by atoms with Gasteiger partial charge in [-0.1, -0.05) is 19.1 Å². The normalized spacial score (nSPS) is 13.6. The molecule has 0 radical (unpaired) electrons. The van der Waals surface area contributed by atoms with Crippen molar-refractivity contribution in [3.63, 3.8) is 0 Å². The zero-order chi connectivity index (χ0) is 20.2. The van der Waals surface area contributed by atoms with Crippen LogP contribution in [0.3, 0.4) is 0 Å². The highest BCUT2D eigenvalue weighted by Crippen LogP contribution is 2.24. The van der Waals surface area contributed by atoms with Crippen LogP contribution in [-0.2, 0) is 17.6 Å². The summed E-state index contributed by atoms with van der Waals surface area (Å²) < 4.78 is 0. The largest absolute Gasteiger partial charge is 0.357 e. The molecule has 2 aromatic heterocycles. The Bertz CT molecular complexity index is 1000. The van der Waals surface area contributed by atoms with Crippen LogP contribution in [0.15, 0.2) is 41.9 Å². The molecule has 0 spiro atoms. The van der Waals surface area contributed by atoms with E-state index in [1.54, 1.807) is 6.20 Å². The summed E-state index contributed by atoms with van der Waals surface area (Å²) in [5.41, 5.74) is 4.26. The fourth-order valence-corrected chi connectivity index (χ4v) is 4.25. The summed E-state index contributed by atoms with van der Waals surface area (Å²) in [5, 5.41) is 5.58. The van der Waals surface area contributed by atoms with Crippen LogP contribution in [0.4, 0.5) is 5.69 Å². The first-order valence-corrected chi connectivity index (χ1v) is 10.8. The molecule has 1 aliphatic heterocycles. The average Bonchev–Trinajstić information content (AvgIpc) is 3.49. The zero-order valence-corrected chi connectivity index (χ0v) is 17.2. The second-order valence-corrected chi connectivity index (χ2v) is 8.15. The van der Waals surface area contributed by atoms with Crippen LogP contribution in [0.25, 0.3) is 11.3 Å². The number of hydrogen-bond acceptors (Lipinski definition) is 4. The third-order valence-corrected chi connectivity index (χ3v) is 5.96. The maximum Gasteiger partial charge on any atom is 0.270 e. The van der Waals surface area contributed by atoms with Crippen LogP contribution >= 0.6 is 11.3 Å². The first-order chi connectivity index (χ1) is 14.1. The Hall–Kier alpha value is -2.93.